The Labute approximate surface area is 152 Å². The van der Waals surface area contributed by atoms with E-state index in [-0.39, 0.29) is 11.5 Å². The number of carbonyl (C=O) groups excluding carboxylic acids is 1. The molecular formula is C20H23N3O3. The number of amides is 1. The molecule has 6 nitrogen and oxygen atoms in total. The number of nitrogens with one attached hydrogen (secondary N) is 1. The first-order valence-corrected chi connectivity index (χ1v) is 8.81. The smallest absolute Gasteiger partial charge is 0.339 e. The van der Waals surface area contributed by atoms with Gasteiger partial charge in [0.25, 0.3) is 5.91 Å². The largest absolute Gasteiger partial charge is 0.478 e. The topological polar surface area (TPSA) is 82.5 Å². The predicted molar refractivity (Wildman–Crippen MR) is 101 cm³/mol. The molecular weight excluding hydrogens is 330 g/mol. The molecule has 2 N–H and O–H groups in total. The summed E-state index contributed by atoms with van der Waals surface area (Å²) in [5.74, 6) is -0.204. The fraction of sp³-hybridized carbons (Fsp3) is 0.350. The zero-order valence-corrected chi connectivity index (χ0v) is 15.0. The molecule has 1 amide bonds. The Morgan fingerprint density at radius 1 is 1.19 bits per heavy atom. The number of aryl methyl sites for hydroxylation is 1. The first kappa shape index (κ1) is 17.9. The molecule has 0 saturated carbocycles. The molecule has 1 aliphatic heterocycles. The number of carbonyl (C=O) groups is 2. The van der Waals surface area contributed by atoms with E-state index < -0.39 is 5.97 Å². The molecule has 2 heterocycles. The van der Waals surface area contributed by atoms with Gasteiger partial charge in [-0.05, 0) is 43.4 Å². The van der Waals surface area contributed by atoms with Crippen LogP contribution < -0.4 is 10.2 Å². The molecule has 2 aromatic rings. The van der Waals surface area contributed by atoms with Gasteiger partial charge in [-0.15, -0.1) is 0 Å². The molecule has 0 unspecified atom stereocenters. The molecule has 1 aromatic carbocycles. The van der Waals surface area contributed by atoms with E-state index in [0.29, 0.717) is 23.0 Å². The fourth-order valence-electron chi connectivity index (χ4n) is 3.18. The van der Waals surface area contributed by atoms with Crippen molar-refractivity contribution >= 4 is 23.4 Å². The lowest BCUT2D eigenvalue weighted by molar-refractivity contribution is 0.0696. The minimum absolute atomic E-state index is 0.113. The summed E-state index contributed by atoms with van der Waals surface area (Å²) in [7, 11) is 0. The number of nitrogens with zero attached hydrogens (tertiary/aromatic N) is 2. The normalized spacial score (nSPS) is 14.9. The van der Waals surface area contributed by atoms with Crippen LogP contribution in [0.15, 0.2) is 36.5 Å². The Kier molecular flexibility index (Phi) is 5.21. The molecule has 1 aromatic heterocycles. The van der Waals surface area contributed by atoms with E-state index in [1.807, 2.05) is 24.0 Å². The minimum atomic E-state index is -1.04. The van der Waals surface area contributed by atoms with Gasteiger partial charge in [-0.3, -0.25) is 4.79 Å². The van der Waals surface area contributed by atoms with Crippen LogP contribution in [0.25, 0.3) is 0 Å². The first-order valence-electron chi connectivity index (χ1n) is 8.81. The quantitative estimate of drug-likeness (QED) is 0.878. The number of aromatic nitrogens is 1. The van der Waals surface area contributed by atoms with Gasteiger partial charge < -0.3 is 15.3 Å². The second-order valence-corrected chi connectivity index (χ2v) is 6.84. The molecule has 6 heteroatoms. The third kappa shape index (κ3) is 3.85. The van der Waals surface area contributed by atoms with Gasteiger partial charge in [-0.2, -0.15) is 0 Å². The van der Waals surface area contributed by atoms with Gasteiger partial charge in [0.15, 0.2) is 0 Å². The Hall–Kier alpha value is -2.89. The second-order valence-electron chi connectivity index (χ2n) is 6.84. The van der Waals surface area contributed by atoms with Gasteiger partial charge in [0, 0.05) is 18.7 Å². The number of carboxylic acids is 1. The minimum Gasteiger partial charge on any atom is -0.478 e. The Balaban J connectivity index is 1.83. The molecule has 136 valence electrons. The summed E-state index contributed by atoms with van der Waals surface area (Å²) in [6.45, 7) is 5.65. The molecule has 0 aliphatic carbocycles. The number of benzene rings is 1. The highest BCUT2D eigenvalue weighted by molar-refractivity contribution is 6.06. The lowest BCUT2D eigenvalue weighted by Gasteiger charge is -2.32. The third-order valence-corrected chi connectivity index (χ3v) is 4.83. The van der Waals surface area contributed by atoms with Gasteiger partial charge in [-0.25, -0.2) is 9.78 Å². The average Bonchev–Trinajstić information content (AvgIpc) is 2.62. The highest BCUT2D eigenvalue weighted by atomic mass is 16.4. The number of hydrogen-bond acceptors (Lipinski definition) is 4. The molecule has 0 radical (unpaired) electrons. The van der Waals surface area contributed by atoms with Crippen molar-refractivity contribution in [2.24, 2.45) is 5.92 Å². The molecule has 0 spiro atoms. The van der Waals surface area contributed by atoms with Crippen LogP contribution in [0, 0.1) is 12.8 Å². The van der Waals surface area contributed by atoms with E-state index >= 15 is 0 Å². The van der Waals surface area contributed by atoms with Crippen molar-refractivity contribution in [3.8, 4) is 0 Å². The van der Waals surface area contributed by atoms with E-state index in [9.17, 15) is 14.7 Å². The molecule has 1 fully saturated rings. The van der Waals surface area contributed by atoms with Crippen LogP contribution >= 0.6 is 0 Å². The van der Waals surface area contributed by atoms with Crippen LogP contribution in [0.5, 0.6) is 0 Å². The molecule has 0 atom stereocenters. The first-order chi connectivity index (χ1) is 12.5. The van der Waals surface area contributed by atoms with Gasteiger partial charge in [0.05, 0.1) is 11.9 Å². The fourth-order valence-corrected chi connectivity index (χ4v) is 3.18. The maximum absolute atomic E-state index is 12.4. The van der Waals surface area contributed by atoms with Crippen LogP contribution in [0.3, 0.4) is 0 Å². The van der Waals surface area contributed by atoms with Crippen LogP contribution in [-0.4, -0.2) is 35.1 Å². The maximum atomic E-state index is 12.4. The molecule has 1 aliphatic rings. The van der Waals surface area contributed by atoms with E-state index in [0.717, 1.165) is 31.5 Å². The van der Waals surface area contributed by atoms with Gasteiger partial charge in [-0.1, -0.05) is 25.1 Å². The van der Waals surface area contributed by atoms with Crippen molar-refractivity contribution in [3.63, 3.8) is 0 Å². The Morgan fingerprint density at radius 2 is 1.88 bits per heavy atom. The Morgan fingerprint density at radius 3 is 2.54 bits per heavy atom. The molecule has 26 heavy (non-hydrogen) atoms. The standard InChI is InChI=1S/C20H23N3O3/c1-13-7-9-23(10-8-13)18-17(20(25)26)11-15(12-21-18)22-19(24)16-6-4-3-5-14(16)2/h3-6,11-13H,7-10H2,1-2H3,(H,22,24)(H,25,26). The van der Waals surface area contributed by atoms with Crippen molar-refractivity contribution in [3.05, 3.63) is 53.2 Å². The van der Waals surface area contributed by atoms with Gasteiger partial charge in [0.1, 0.15) is 11.4 Å². The van der Waals surface area contributed by atoms with E-state index in [4.69, 9.17) is 0 Å². The van der Waals surface area contributed by atoms with E-state index in [2.05, 4.69) is 17.2 Å². The summed E-state index contributed by atoms with van der Waals surface area (Å²) in [6.07, 6.45) is 3.56. The zero-order valence-electron chi connectivity index (χ0n) is 15.0. The maximum Gasteiger partial charge on any atom is 0.339 e. The third-order valence-electron chi connectivity index (χ3n) is 4.83. The number of aromatic carboxylic acids is 1. The number of hydrogen-bond donors (Lipinski definition) is 2. The summed E-state index contributed by atoms with van der Waals surface area (Å²) in [4.78, 5) is 30.5. The number of pyridine rings is 1. The van der Waals surface area contributed by atoms with Crippen molar-refractivity contribution < 1.29 is 14.7 Å². The highest BCUT2D eigenvalue weighted by Gasteiger charge is 2.23. The van der Waals surface area contributed by atoms with Crippen LogP contribution in [-0.2, 0) is 0 Å². The number of piperidine rings is 1. The van der Waals surface area contributed by atoms with Crippen molar-refractivity contribution in [2.45, 2.75) is 26.7 Å². The van der Waals surface area contributed by atoms with Crippen LogP contribution in [0.4, 0.5) is 11.5 Å². The van der Waals surface area contributed by atoms with Crippen molar-refractivity contribution in [2.75, 3.05) is 23.3 Å². The van der Waals surface area contributed by atoms with Crippen molar-refractivity contribution in [1.29, 1.82) is 0 Å². The average molecular weight is 353 g/mol. The summed E-state index contributed by atoms with van der Waals surface area (Å²) >= 11 is 0. The number of rotatable bonds is 4. The monoisotopic (exact) mass is 353 g/mol. The lowest BCUT2D eigenvalue weighted by atomic mass is 9.99. The zero-order chi connectivity index (χ0) is 18.7. The van der Waals surface area contributed by atoms with E-state index in [1.54, 1.807) is 12.1 Å². The van der Waals surface area contributed by atoms with Crippen molar-refractivity contribution in [1.82, 2.24) is 4.98 Å². The molecule has 3 rings (SSSR count). The molecule has 0 bridgehead atoms. The summed E-state index contributed by atoms with van der Waals surface area (Å²) < 4.78 is 0. The second kappa shape index (κ2) is 7.56. The van der Waals surface area contributed by atoms with Gasteiger partial charge in [0.2, 0.25) is 0 Å². The van der Waals surface area contributed by atoms with Gasteiger partial charge >= 0.3 is 5.97 Å². The predicted octanol–water partition coefficient (Wildman–Crippen LogP) is 3.58. The highest BCUT2D eigenvalue weighted by Crippen LogP contribution is 2.26. The Bertz CT molecular complexity index is 827. The lowest BCUT2D eigenvalue weighted by Crippen LogP contribution is -2.34. The van der Waals surface area contributed by atoms with E-state index in [1.165, 1.54) is 12.3 Å². The summed E-state index contributed by atoms with van der Waals surface area (Å²) in [5, 5.41) is 12.3. The number of carboxylic acid groups (broad SMARTS) is 1. The number of anilines is 2. The van der Waals surface area contributed by atoms with Crippen LogP contribution in [0.2, 0.25) is 0 Å². The van der Waals surface area contributed by atoms with Crippen LogP contribution in [0.1, 0.15) is 46.0 Å². The SMILES string of the molecule is Cc1ccccc1C(=O)Nc1cnc(N2CCC(C)CC2)c(C(=O)O)c1. The summed E-state index contributed by atoms with van der Waals surface area (Å²) in [6, 6.07) is 8.74. The summed E-state index contributed by atoms with van der Waals surface area (Å²) in [5.41, 5.74) is 1.90. The molecule has 1 saturated heterocycles.